The normalized spacial score (nSPS) is 17.1. The molecule has 1 aliphatic heterocycles. The molecule has 19 heavy (non-hydrogen) atoms. The van der Waals surface area contributed by atoms with Gasteiger partial charge in [-0.15, -0.1) is 5.10 Å². The number of thioether (sulfide) groups is 1. The molecule has 0 bridgehead atoms. The van der Waals surface area contributed by atoms with Gasteiger partial charge in [0.1, 0.15) is 0 Å². The highest BCUT2D eigenvalue weighted by atomic mass is 32.2. The van der Waals surface area contributed by atoms with Crippen LogP contribution < -0.4 is 5.73 Å². The third-order valence-electron chi connectivity index (χ3n) is 2.51. The first-order chi connectivity index (χ1) is 9.06. The minimum absolute atomic E-state index is 0.0598. The Morgan fingerprint density at radius 2 is 2.05 bits per heavy atom. The Hall–Kier alpha value is -1.82. The van der Waals surface area contributed by atoms with Crippen molar-refractivity contribution in [1.82, 2.24) is 4.90 Å². The Labute approximate surface area is 116 Å². The zero-order valence-corrected chi connectivity index (χ0v) is 11.8. The summed E-state index contributed by atoms with van der Waals surface area (Å²) in [5, 5.41) is 8.79. The van der Waals surface area contributed by atoms with Crippen LogP contribution >= 0.6 is 11.8 Å². The van der Waals surface area contributed by atoms with Crippen LogP contribution in [0.1, 0.15) is 19.4 Å². The Bertz CT molecular complexity index is 532. The van der Waals surface area contributed by atoms with Crippen LogP contribution in [0.2, 0.25) is 0 Å². The maximum atomic E-state index is 11.9. The van der Waals surface area contributed by atoms with Crippen molar-refractivity contribution in [2.24, 2.45) is 10.2 Å². The highest BCUT2D eigenvalue weighted by Gasteiger charge is 2.28. The molecule has 0 unspecified atom stereocenters. The molecule has 100 valence electrons. The number of hydrogen-bond acceptors (Lipinski definition) is 5. The first kappa shape index (κ1) is 13.6. The van der Waals surface area contributed by atoms with Crippen LogP contribution in [0.15, 0.2) is 34.5 Å². The molecule has 0 saturated carbocycles. The molecule has 0 aromatic heterocycles. The molecule has 1 fully saturated rings. The molecule has 0 radical (unpaired) electrons. The quantitative estimate of drug-likeness (QED) is 0.522. The van der Waals surface area contributed by atoms with Gasteiger partial charge in [0.25, 0.3) is 0 Å². The van der Waals surface area contributed by atoms with Crippen LogP contribution in [0.4, 0.5) is 5.69 Å². The van der Waals surface area contributed by atoms with Gasteiger partial charge in [-0.1, -0.05) is 23.9 Å². The number of rotatable bonds is 3. The zero-order chi connectivity index (χ0) is 13.8. The van der Waals surface area contributed by atoms with Crippen molar-refractivity contribution in [3.05, 3.63) is 29.8 Å². The fourth-order valence-electron chi connectivity index (χ4n) is 1.58. The van der Waals surface area contributed by atoms with E-state index >= 15 is 0 Å². The van der Waals surface area contributed by atoms with Gasteiger partial charge in [-0.3, -0.25) is 9.69 Å². The monoisotopic (exact) mass is 276 g/mol. The molecule has 1 heterocycles. The van der Waals surface area contributed by atoms with E-state index in [1.54, 1.807) is 4.90 Å². The SMILES string of the molecule is CC(C)=N/N=C1\SCC(=O)N1Cc1ccc(N)cc1. The summed E-state index contributed by atoms with van der Waals surface area (Å²) in [6.07, 6.45) is 0. The van der Waals surface area contributed by atoms with Crippen LogP contribution in [-0.2, 0) is 11.3 Å². The van der Waals surface area contributed by atoms with Gasteiger partial charge in [0.05, 0.1) is 12.3 Å². The minimum Gasteiger partial charge on any atom is -0.399 e. The number of benzene rings is 1. The fourth-order valence-corrected chi connectivity index (χ4v) is 2.41. The lowest BCUT2D eigenvalue weighted by Crippen LogP contribution is -2.28. The van der Waals surface area contributed by atoms with Gasteiger partial charge < -0.3 is 5.73 Å². The van der Waals surface area contributed by atoms with Crippen molar-refractivity contribution < 1.29 is 4.79 Å². The highest BCUT2D eigenvalue weighted by Crippen LogP contribution is 2.22. The van der Waals surface area contributed by atoms with E-state index in [2.05, 4.69) is 10.2 Å². The Morgan fingerprint density at radius 1 is 1.37 bits per heavy atom. The number of anilines is 1. The van der Waals surface area contributed by atoms with E-state index in [0.717, 1.165) is 11.3 Å². The third kappa shape index (κ3) is 3.57. The molecule has 1 aromatic carbocycles. The van der Waals surface area contributed by atoms with Crippen LogP contribution in [0.3, 0.4) is 0 Å². The zero-order valence-electron chi connectivity index (χ0n) is 11.0. The average molecular weight is 276 g/mol. The maximum absolute atomic E-state index is 11.9. The van der Waals surface area contributed by atoms with Crippen LogP contribution in [0.25, 0.3) is 0 Å². The molecule has 2 N–H and O–H groups in total. The van der Waals surface area contributed by atoms with Crippen molar-refractivity contribution >= 4 is 34.2 Å². The first-order valence-electron chi connectivity index (χ1n) is 5.92. The lowest BCUT2D eigenvalue weighted by molar-refractivity contribution is -0.124. The van der Waals surface area contributed by atoms with E-state index in [-0.39, 0.29) is 5.91 Å². The van der Waals surface area contributed by atoms with Gasteiger partial charge in [-0.2, -0.15) is 5.10 Å². The number of carbonyl (C=O) groups is 1. The van der Waals surface area contributed by atoms with E-state index in [0.29, 0.717) is 23.2 Å². The second-order valence-electron chi connectivity index (χ2n) is 4.44. The molecule has 1 aliphatic rings. The van der Waals surface area contributed by atoms with Gasteiger partial charge >= 0.3 is 0 Å². The summed E-state index contributed by atoms with van der Waals surface area (Å²) in [7, 11) is 0. The topological polar surface area (TPSA) is 71.0 Å². The average Bonchev–Trinajstić information content (AvgIpc) is 2.71. The molecule has 6 heteroatoms. The lowest BCUT2D eigenvalue weighted by Gasteiger charge is -2.15. The lowest BCUT2D eigenvalue weighted by atomic mass is 10.2. The van der Waals surface area contributed by atoms with Gasteiger partial charge in [-0.25, -0.2) is 0 Å². The number of hydrogen-bond donors (Lipinski definition) is 1. The van der Waals surface area contributed by atoms with Gasteiger partial charge in [0.15, 0.2) is 5.17 Å². The van der Waals surface area contributed by atoms with Crippen molar-refractivity contribution in [2.75, 3.05) is 11.5 Å². The summed E-state index contributed by atoms with van der Waals surface area (Å²) in [6, 6.07) is 7.48. The van der Waals surface area contributed by atoms with Gasteiger partial charge in [0, 0.05) is 11.4 Å². The number of nitrogens with zero attached hydrogens (tertiary/aromatic N) is 3. The van der Waals surface area contributed by atoms with Gasteiger partial charge in [-0.05, 0) is 31.5 Å². The number of amidine groups is 1. The smallest absolute Gasteiger partial charge is 0.239 e. The standard InChI is InChI=1S/C13H16N4OS/c1-9(2)15-16-13-17(12(18)8-19-13)7-10-3-5-11(14)6-4-10/h3-6H,7-8,14H2,1-2H3/b16-13-. The first-order valence-corrected chi connectivity index (χ1v) is 6.91. The number of nitrogens with two attached hydrogens (primary N) is 1. The Balaban J connectivity index is 2.16. The third-order valence-corrected chi connectivity index (χ3v) is 3.46. The maximum Gasteiger partial charge on any atom is 0.239 e. The van der Waals surface area contributed by atoms with E-state index < -0.39 is 0 Å². The summed E-state index contributed by atoms with van der Waals surface area (Å²) in [4.78, 5) is 13.5. The molecule has 0 aliphatic carbocycles. The van der Waals surface area contributed by atoms with Crippen molar-refractivity contribution in [1.29, 1.82) is 0 Å². The molecule has 0 atom stereocenters. The Kier molecular flexibility index (Phi) is 4.21. The van der Waals surface area contributed by atoms with Crippen LogP contribution in [0.5, 0.6) is 0 Å². The summed E-state index contributed by atoms with van der Waals surface area (Å²) < 4.78 is 0. The fraction of sp³-hybridized carbons (Fsp3) is 0.308. The molecule has 2 rings (SSSR count). The van der Waals surface area contributed by atoms with E-state index in [1.165, 1.54) is 11.8 Å². The molecule has 5 nitrogen and oxygen atoms in total. The van der Waals surface area contributed by atoms with E-state index in [9.17, 15) is 4.79 Å². The number of carbonyl (C=O) groups excluding carboxylic acids is 1. The summed E-state index contributed by atoms with van der Waals surface area (Å²) in [5.41, 5.74) is 8.24. The summed E-state index contributed by atoms with van der Waals surface area (Å²) >= 11 is 1.42. The van der Waals surface area contributed by atoms with Crippen LogP contribution in [0, 0.1) is 0 Å². The van der Waals surface area contributed by atoms with Crippen LogP contribution in [-0.4, -0.2) is 27.4 Å². The molecule has 1 aromatic rings. The van der Waals surface area contributed by atoms with E-state index in [1.807, 2.05) is 38.1 Å². The second kappa shape index (κ2) is 5.88. The van der Waals surface area contributed by atoms with Gasteiger partial charge in [0.2, 0.25) is 5.91 Å². The second-order valence-corrected chi connectivity index (χ2v) is 5.38. The molecular formula is C13H16N4OS. The minimum atomic E-state index is 0.0598. The molecular weight excluding hydrogens is 260 g/mol. The predicted molar refractivity (Wildman–Crippen MR) is 80.1 cm³/mol. The highest BCUT2D eigenvalue weighted by molar-refractivity contribution is 8.15. The van der Waals surface area contributed by atoms with Crippen molar-refractivity contribution in [3.63, 3.8) is 0 Å². The number of nitrogen functional groups attached to an aromatic ring is 1. The molecule has 1 amide bonds. The largest absolute Gasteiger partial charge is 0.399 e. The number of amides is 1. The van der Waals surface area contributed by atoms with E-state index in [4.69, 9.17) is 5.73 Å². The molecule has 0 spiro atoms. The predicted octanol–water partition coefficient (Wildman–Crippen LogP) is 2.10. The summed E-state index contributed by atoms with van der Waals surface area (Å²) in [5.74, 6) is 0.482. The summed E-state index contributed by atoms with van der Waals surface area (Å²) in [6.45, 7) is 4.24. The van der Waals surface area contributed by atoms with Crippen molar-refractivity contribution in [3.8, 4) is 0 Å². The molecule has 1 saturated heterocycles. The van der Waals surface area contributed by atoms with Crippen molar-refractivity contribution in [2.45, 2.75) is 20.4 Å². The Morgan fingerprint density at radius 3 is 2.68 bits per heavy atom.